The number of benzene rings is 2. The Labute approximate surface area is 145 Å². The van der Waals surface area contributed by atoms with E-state index in [9.17, 15) is 0 Å². The van der Waals surface area contributed by atoms with Crippen LogP contribution in [0.3, 0.4) is 0 Å². The molecule has 0 bridgehead atoms. The predicted molar refractivity (Wildman–Crippen MR) is 105 cm³/mol. The highest BCUT2D eigenvalue weighted by molar-refractivity contribution is 6.02. The second-order valence-electron chi connectivity index (χ2n) is 7.51. The maximum atomic E-state index is 4.22. The summed E-state index contributed by atoms with van der Waals surface area (Å²) in [6.45, 7) is 8.73. The van der Waals surface area contributed by atoms with Gasteiger partial charge in [-0.2, -0.15) is 0 Å². The molecule has 0 atom stereocenters. The van der Waals surface area contributed by atoms with Crippen LogP contribution in [0.4, 0.5) is 0 Å². The van der Waals surface area contributed by atoms with Gasteiger partial charge < -0.3 is 0 Å². The van der Waals surface area contributed by atoms with Gasteiger partial charge in [-0.1, -0.05) is 68.1 Å². The number of fused-ring (bicyclic) bond motifs is 4. The molecule has 1 saturated carbocycles. The van der Waals surface area contributed by atoms with Gasteiger partial charge in [-0.25, -0.2) is 0 Å². The highest BCUT2D eigenvalue weighted by Gasteiger charge is 2.45. The van der Waals surface area contributed by atoms with E-state index in [4.69, 9.17) is 0 Å². The van der Waals surface area contributed by atoms with Crippen molar-refractivity contribution in [2.75, 3.05) is 0 Å². The molecule has 0 amide bonds. The molecule has 4 rings (SSSR count). The van der Waals surface area contributed by atoms with E-state index in [2.05, 4.69) is 75.1 Å². The summed E-state index contributed by atoms with van der Waals surface area (Å²) >= 11 is 0. The van der Waals surface area contributed by atoms with E-state index in [-0.39, 0.29) is 5.41 Å². The fourth-order valence-electron chi connectivity index (χ4n) is 4.94. The molecular weight excluding hydrogens is 288 g/mol. The summed E-state index contributed by atoms with van der Waals surface area (Å²) in [7, 11) is 0. The van der Waals surface area contributed by atoms with Crippen molar-refractivity contribution in [3.63, 3.8) is 0 Å². The minimum absolute atomic E-state index is 0.183. The van der Waals surface area contributed by atoms with Gasteiger partial charge in [-0.3, -0.25) is 0 Å². The molecule has 0 aromatic heterocycles. The van der Waals surface area contributed by atoms with Crippen molar-refractivity contribution < 1.29 is 0 Å². The normalized spacial score (nSPS) is 26.5. The topological polar surface area (TPSA) is 0 Å². The summed E-state index contributed by atoms with van der Waals surface area (Å²) in [5.41, 5.74) is 6.03. The minimum Gasteiger partial charge on any atom is -0.0987 e. The zero-order valence-electron chi connectivity index (χ0n) is 14.8. The van der Waals surface area contributed by atoms with E-state index in [1.54, 1.807) is 0 Å². The summed E-state index contributed by atoms with van der Waals surface area (Å²) in [6, 6.07) is 13.5. The molecule has 1 spiro atoms. The Morgan fingerprint density at radius 1 is 1.08 bits per heavy atom. The molecule has 2 aliphatic rings. The van der Waals surface area contributed by atoms with E-state index in [0.29, 0.717) is 0 Å². The Bertz CT molecular complexity index is 855. The smallest absolute Gasteiger partial charge is 0.0215 e. The highest BCUT2D eigenvalue weighted by Crippen LogP contribution is 2.56. The molecule has 24 heavy (non-hydrogen) atoms. The van der Waals surface area contributed by atoms with Gasteiger partial charge in [0.1, 0.15) is 0 Å². The van der Waals surface area contributed by atoms with Crippen molar-refractivity contribution in [3.05, 3.63) is 77.9 Å². The maximum absolute atomic E-state index is 4.22. The third-order valence-corrected chi connectivity index (χ3v) is 6.18. The van der Waals surface area contributed by atoms with E-state index < -0.39 is 0 Å². The molecule has 2 aromatic rings. The van der Waals surface area contributed by atoms with Gasteiger partial charge in [-0.15, -0.1) is 0 Å². The Morgan fingerprint density at radius 3 is 2.54 bits per heavy atom. The molecule has 122 valence electrons. The zero-order chi connectivity index (χ0) is 16.7. The molecule has 2 aliphatic carbocycles. The lowest BCUT2D eigenvalue weighted by molar-refractivity contribution is 0.283. The molecule has 0 aliphatic heterocycles. The quantitative estimate of drug-likeness (QED) is 0.570. The Hall–Kier alpha value is -2.08. The van der Waals surface area contributed by atoms with Gasteiger partial charge in [0, 0.05) is 5.41 Å². The Morgan fingerprint density at radius 2 is 1.83 bits per heavy atom. The molecular formula is C24H26. The second-order valence-corrected chi connectivity index (χ2v) is 7.51. The first kappa shape index (κ1) is 15.4. The van der Waals surface area contributed by atoms with Gasteiger partial charge in [0.25, 0.3) is 0 Å². The van der Waals surface area contributed by atoms with Gasteiger partial charge in [0.05, 0.1) is 0 Å². The summed E-state index contributed by atoms with van der Waals surface area (Å²) in [4.78, 5) is 0. The maximum Gasteiger partial charge on any atom is 0.0215 e. The van der Waals surface area contributed by atoms with Gasteiger partial charge >= 0.3 is 0 Å². The SMILES string of the molecule is C=CC1=C(/C=C\C)c2c(ccc3ccccc23)C12CCC(C)CC2. The van der Waals surface area contributed by atoms with Crippen LogP contribution in [0.5, 0.6) is 0 Å². The van der Waals surface area contributed by atoms with Crippen molar-refractivity contribution in [2.45, 2.75) is 44.9 Å². The van der Waals surface area contributed by atoms with Crippen LogP contribution in [0, 0.1) is 5.92 Å². The lowest BCUT2D eigenvalue weighted by Gasteiger charge is -2.39. The van der Waals surface area contributed by atoms with Crippen LogP contribution in [-0.2, 0) is 5.41 Å². The molecule has 0 radical (unpaired) electrons. The molecule has 2 aromatic carbocycles. The third-order valence-electron chi connectivity index (χ3n) is 6.18. The van der Waals surface area contributed by atoms with Crippen LogP contribution in [0.2, 0.25) is 0 Å². The number of hydrogen-bond donors (Lipinski definition) is 0. The molecule has 0 N–H and O–H groups in total. The standard InChI is InChI=1S/C24H26/c1-4-8-20-21(5-2)24(15-13-17(3)14-16-24)22-12-11-18-9-6-7-10-19(18)23(20)22/h4-12,17H,2,13-16H2,1,3H3/b8-4-. The third kappa shape index (κ3) is 2.05. The van der Waals surface area contributed by atoms with Gasteiger partial charge in [0.15, 0.2) is 0 Å². The molecule has 0 nitrogen and oxygen atoms in total. The van der Waals surface area contributed by atoms with Crippen LogP contribution < -0.4 is 0 Å². The first-order valence-corrected chi connectivity index (χ1v) is 9.24. The molecule has 0 heteroatoms. The zero-order valence-corrected chi connectivity index (χ0v) is 14.8. The second kappa shape index (κ2) is 5.77. The predicted octanol–water partition coefficient (Wildman–Crippen LogP) is 6.82. The first-order chi connectivity index (χ1) is 11.7. The van der Waals surface area contributed by atoms with E-state index >= 15 is 0 Å². The Balaban J connectivity index is 2.05. The summed E-state index contributed by atoms with van der Waals surface area (Å²) in [5.74, 6) is 0.844. The van der Waals surface area contributed by atoms with Crippen LogP contribution in [-0.4, -0.2) is 0 Å². The molecule has 1 fully saturated rings. The van der Waals surface area contributed by atoms with Crippen molar-refractivity contribution in [1.29, 1.82) is 0 Å². The molecule has 0 heterocycles. The van der Waals surface area contributed by atoms with Crippen molar-refractivity contribution in [2.24, 2.45) is 5.92 Å². The van der Waals surface area contributed by atoms with Gasteiger partial charge in [-0.05, 0) is 71.6 Å². The van der Waals surface area contributed by atoms with Gasteiger partial charge in [0.2, 0.25) is 0 Å². The lowest BCUT2D eigenvalue weighted by Crippen LogP contribution is -2.31. The molecule has 0 unspecified atom stereocenters. The fourth-order valence-corrected chi connectivity index (χ4v) is 4.94. The number of rotatable bonds is 2. The number of hydrogen-bond acceptors (Lipinski definition) is 0. The Kier molecular flexibility index (Phi) is 3.72. The van der Waals surface area contributed by atoms with E-state index in [0.717, 1.165) is 5.92 Å². The average Bonchev–Trinajstić information content (AvgIpc) is 2.87. The summed E-state index contributed by atoms with van der Waals surface area (Å²) in [5, 5.41) is 2.72. The van der Waals surface area contributed by atoms with Crippen LogP contribution in [0.25, 0.3) is 16.3 Å². The minimum atomic E-state index is 0.183. The van der Waals surface area contributed by atoms with Crippen molar-refractivity contribution in [1.82, 2.24) is 0 Å². The van der Waals surface area contributed by atoms with Crippen LogP contribution in [0.1, 0.15) is 50.7 Å². The summed E-state index contributed by atoms with van der Waals surface area (Å²) in [6.07, 6.45) is 11.7. The van der Waals surface area contributed by atoms with Crippen LogP contribution in [0.15, 0.2) is 66.8 Å². The van der Waals surface area contributed by atoms with E-state index in [1.807, 2.05) is 0 Å². The first-order valence-electron chi connectivity index (χ1n) is 9.24. The largest absolute Gasteiger partial charge is 0.0987 e. The monoisotopic (exact) mass is 314 g/mol. The lowest BCUT2D eigenvalue weighted by atomic mass is 9.64. The molecule has 0 saturated heterocycles. The van der Waals surface area contributed by atoms with Crippen LogP contribution >= 0.6 is 0 Å². The highest BCUT2D eigenvalue weighted by atomic mass is 14.5. The average molecular weight is 314 g/mol. The van der Waals surface area contributed by atoms with E-state index in [1.165, 1.54) is 58.7 Å². The number of allylic oxidation sites excluding steroid dienone is 5. The fraction of sp³-hybridized carbons (Fsp3) is 0.333. The summed E-state index contributed by atoms with van der Waals surface area (Å²) < 4.78 is 0. The van der Waals surface area contributed by atoms with Crippen molar-refractivity contribution >= 4 is 16.3 Å². The van der Waals surface area contributed by atoms with Crippen molar-refractivity contribution in [3.8, 4) is 0 Å².